The summed E-state index contributed by atoms with van der Waals surface area (Å²) in [6, 6.07) is 44.1. The number of hydrogen-bond donors (Lipinski definition) is 10. The van der Waals surface area contributed by atoms with E-state index in [4.69, 9.17) is 0 Å². The minimum atomic E-state index is 0.116. The Kier molecular flexibility index (Phi) is 35.3. The lowest BCUT2D eigenvalue weighted by atomic mass is 10.1. The normalized spacial score (nSPS) is 12.7. The Labute approximate surface area is 562 Å². The number of hydrogen-bond acceptors (Lipinski definition) is 10. The first-order valence-electron chi connectivity index (χ1n) is 34.3. The molecule has 0 saturated carbocycles. The minimum Gasteiger partial charge on any atom is -0.380 e. The van der Waals surface area contributed by atoms with E-state index in [9.17, 15) is 0 Å². The standard InChI is InChI=1S/2C17H30N2.2C16H28N2.C15H26N2/c2*1-16(2,3)18-12-11-14-7-9-15(10-8-14)13-19-17(4,5)6;1-15(2,3)17-11-13-7-9-14(10-8-13)12-18-16(4,5)6;1-15(2,3)17-12-11-13-7-9-14(10-8-13)18-16(4,5)6;1-14(2,3)16-11-12-7-9-13(10-8-12)17-15(4,5)6/h2*7-10,18-19H,11-13H2,1-6H3;2*7-10,17-18H,11-12H2,1-6H3;7-10,16-17H,11H2,1-6H3. The zero-order valence-electron chi connectivity index (χ0n) is 64.3. The summed E-state index contributed by atoms with van der Waals surface area (Å²) in [6.45, 7) is 73.4. The molecule has 0 unspecified atom stereocenters. The second-order valence-corrected chi connectivity index (χ2v) is 35.4. The molecular weight excluding hydrogens is 1110 g/mol. The van der Waals surface area contributed by atoms with Gasteiger partial charge in [-0.1, -0.05) is 97.1 Å². The summed E-state index contributed by atoms with van der Waals surface area (Å²) in [5.74, 6) is 0. The van der Waals surface area contributed by atoms with Crippen molar-refractivity contribution >= 4 is 11.4 Å². The smallest absolute Gasteiger partial charge is 0.0344 e. The summed E-state index contributed by atoms with van der Waals surface area (Å²) in [5.41, 5.74) is 15.0. The highest BCUT2D eigenvalue weighted by molar-refractivity contribution is 5.47. The zero-order valence-corrected chi connectivity index (χ0v) is 64.3. The molecule has 0 saturated heterocycles. The van der Waals surface area contributed by atoms with E-state index in [0.29, 0.717) is 0 Å². The van der Waals surface area contributed by atoms with Gasteiger partial charge in [0.15, 0.2) is 0 Å². The van der Waals surface area contributed by atoms with Gasteiger partial charge in [0, 0.05) is 99.5 Å². The van der Waals surface area contributed by atoms with Crippen LogP contribution in [0.2, 0.25) is 0 Å². The van der Waals surface area contributed by atoms with Crippen LogP contribution in [0.1, 0.15) is 252 Å². The van der Waals surface area contributed by atoms with Crippen molar-refractivity contribution in [1.82, 2.24) is 42.5 Å². The summed E-state index contributed by atoms with van der Waals surface area (Å²) in [7, 11) is 0. The SMILES string of the molecule is CC(C)(C)NCCc1ccc(CNC(C)(C)C)cc1.CC(C)(C)NCCc1ccc(CNC(C)(C)C)cc1.CC(C)(C)NCCc1ccc(NC(C)(C)C)cc1.CC(C)(C)NCc1ccc(CNC(C)(C)C)cc1.CC(C)(C)NCc1ccc(NC(C)(C)C)cc1. The van der Waals surface area contributed by atoms with Crippen LogP contribution in [0.15, 0.2) is 121 Å². The summed E-state index contributed by atoms with van der Waals surface area (Å²) in [4.78, 5) is 0. The highest BCUT2D eigenvalue weighted by Gasteiger charge is 2.16. The van der Waals surface area contributed by atoms with Gasteiger partial charge in [-0.2, -0.15) is 0 Å². The molecule has 0 heterocycles. The van der Waals surface area contributed by atoms with Gasteiger partial charge >= 0.3 is 0 Å². The van der Waals surface area contributed by atoms with Crippen molar-refractivity contribution in [1.29, 1.82) is 0 Å². The topological polar surface area (TPSA) is 120 Å². The summed E-state index contributed by atoms with van der Waals surface area (Å²) >= 11 is 0. The molecule has 10 heteroatoms. The summed E-state index contributed by atoms with van der Waals surface area (Å²) < 4.78 is 0. The van der Waals surface area contributed by atoms with E-state index in [2.05, 4.69) is 382 Å². The average Bonchev–Trinajstić information content (AvgIpc) is 2.33. The van der Waals surface area contributed by atoms with Gasteiger partial charge in [-0.05, 0) is 315 Å². The number of rotatable bonds is 21. The molecule has 0 spiro atoms. The lowest BCUT2D eigenvalue weighted by Crippen LogP contribution is -2.37. The molecule has 516 valence electrons. The Bertz CT molecular complexity index is 2540. The summed E-state index contributed by atoms with van der Waals surface area (Å²) in [5, 5.41) is 35.0. The van der Waals surface area contributed by atoms with Crippen LogP contribution in [0, 0.1) is 0 Å². The molecule has 5 aromatic rings. The van der Waals surface area contributed by atoms with Gasteiger partial charge in [0.25, 0.3) is 0 Å². The van der Waals surface area contributed by atoms with Crippen molar-refractivity contribution in [3.05, 3.63) is 166 Å². The average molecular weight is 1260 g/mol. The van der Waals surface area contributed by atoms with Crippen LogP contribution in [0.4, 0.5) is 11.4 Å². The second-order valence-electron chi connectivity index (χ2n) is 35.4. The first kappa shape index (κ1) is 84.4. The molecule has 0 aliphatic rings. The maximum atomic E-state index is 3.52. The Balaban J connectivity index is 0.000000569. The molecule has 0 aliphatic heterocycles. The van der Waals surface area contributed by atoms with Gasteiger partial charge in [-0.3, -0.25) is 0 Å². The van der Waals surface area contributed by atoms with Gasteiger partial charge in [0.05, 0.1) is 0 Å². The van der Waals surface area contributed by atoms with E-state index in [1.54, 1.807) is 0 Å². The molecule has 5 aromatic carbocycles. The van der Waals surface area contributed by atoms with E-state index in [1.165, 1.54) is 55.9 Å². The maximum Gasteiger partial charge on any atom is 0.0344 e. The van der Waals surface area contributed by atoms with Crippen molar-refractivity contribution in [3.8, 4) is 0 Å². The Hall–Kier alpha value is -4.62. The second kappa shape index (κ2) is 38.1. The van der Waals surface area contributed by atoms with Crippen LogP contribution in [0.3, 0.4) is 0 Å². The fourth-order valence-corrected chi connectivity index (χ4v) is 8.33. The van der Waals surface area contributed by atoms with Crippen LogP contribution in [-0.2, 0) is 52.0 Å². The lowest BCUT2D eigenvalue weighted by molar-refractivity contribution is 0.422. The van der Waals surface area contributed by atoms with Crippen molar-refractivity contribution in [3.63, 3.8) is 0 Å². The largest absolute Gasteiger partial charge is 0.380 e. The maximum absolute atomic E-state index is 3.52. The van der Waals surface area contributed by atoms with Crippen molar-refractivity contribution in [2.75, 3.05) is 30.3 Å². The van der Waals surface area contributed by atoms with Crippen LogP contribution in [-0.4, -0.2) is 75.0 Å². The molecule has 0 radical (unpaired) electrons. The third-order valence-corrected chi connectivity index (χ3v) is 13.3. The lowest BCUT2D eigenvalue weighted by Gasteiger charge is -2.23. The molecule has 0 bridgehead atoms. The van der Waals surface area contributed by atoms with E-state index < -0.39 is 0 Å². The van der Waals surface area contributed by atoms with Crippen LogP contribution < -0.4 is 53.2 Å². The molecule has 0 aliphatic carbocycles. The number of anilines is 2. The summed E-state index contributed by atoms with van der Waals surface area (Å²) in [6.07, 6.45) is 3.25. The minimum absolute atomic E-state index is 0.116. The van der Waals surface area contributed by atoms with Gasteiger partial charge < -0.3 is 53.2 Å². The van der Waals surface area contributed by atoms with Crippen molar-refractivity contribution in [2.24, 2.45) is 0 Å². The molecule has 0 atom stereocenters. The molecule has 10 N–H and O–H groups in total. The Morgan fingerprint density at radius 2 is 0.319 bits per heavy atom. The van der Waals surface area contributed by atoms with Crippen molar-refractivity contribution < 1.29 is 0 Å². The van der Waals surface area contributed by atoms with Gasteiger partial charge in [0.1, 0.15) is 0 Å². The Morgan fingerprint density at radius 3 is 0.473 bits per heavy atom. The quantitative estimate of drug-likeness (QED) is 0.0348. The fraction of sp³-hybridized carbons (Fsp3) is 0.630. The van der Waals surface area contributed by atoms with Crippen LogP contribution >= 0.6 is 0 Å². The first-order valence-corrected chi connectivity index (χ1v) is 34.3. The van der Waals surface area contributed by atoms with Crippen molar-refractivity contribution in [2.45, 2.75) is 315 Å². The third-order valence-electron chi connectivity index (χ3n) is 13.3. The van der Waals surface area contributed by atoms with E-state index in [0.717, 1.165) is 71.6 Å². The third kappa shape index (κ3) is 52.5. The monoisotopic (exact) mass is 1260 g/mol. The highest BCUT2D eigenvalue weighted by atomic mass is 15.0. The molecule has 0 amide bonds. The molecule has 5 rings (SSSR count). The van der Waals surface area contributed by atoms with Gasteiger partial charge in [-0.25, -0.2) is 0 Å². The molecule has 0 aromatic heterocycles. The van der Waals surface area contributed by atoms with Crippen LogP contribution in [0.25, 0.3) is 0 Å². The molecule has 10 nitrogen and oxygen atoms in total. The highest BCUT2D eigenvalue weighted by Crippen LogP contribution is 2.19. The predicted octanol–water partition coefficient (Wildman–Crippen LogP) is 18.1. The molecule has 91 heavy (non-hydrogen) atoms. The Morgan fingerprint density at radius 1 is 0.176 bits per heavy atom. The van der Waals surface area contributed by atoms with Crippen LogP contribution in [0.5, 0.6) is 0 Å². The number of nitrogens with one attached hydrogen (secondary N) is 10. The molecule has 0 fully saturated rings. The van der Waals surface area contributed by atoms with E-state index in [1.807, 2.05) is 0 Å². The number of benzene rings is 5. The van der Waals surface area contributed by atoms with E-state index in [-0.39, 0.29) is 55.4 Å². The predicted molar refractivity (Wildman–Crippen MR) is 406 cm³/mol. The molecular formula is C81H142N10. The first-order chi connectivity index (χ1) is 41.3. The van der Waals surface area contributed by atoms with Gasteiger partial charge in [0.2, 0.25) is 0 Å². The fourth-order valence-electron chi connectivity index (χ4n) is 8.33. The van der Waals surface area contributed by atoms with E-state index >= 15 is 0 Å². The zero-order chi connectivity index (χ0) is 69.8. The van der Waals surface area contributed by atoms with Gasteiger partial charge in [-0.15, -0.1) is 0 Å².